The summed E-state index contributed by atoms with van der Waals surface area (Å²) in [6, 6.07) is 6.23. The van der Waals surface area contributed by atoms with Crippen molar-refractivity contribution in [3.05, 3.63) is 44.8 Å². The standard InChI is InChI=1S/C17H18BrN3O4/c1-2-3-6-21-16(22)5-4-12(20-21)17(23)19-13-10-15-14(9-11(13)18)24-7-8-25-15/h4-5,9-10H,2-3,6-8H2,1H3,(H,19,23). The predicted molar refractivity (Wildman–Crippen MR) is 96.5 cm³/mol. The van der Waals surface area contributed by atoms with Crippen LogP contribution >= 0.6 is 15.9 Å². The summed E-state index contributed by atoms with van der Waals surface area (Å²) in [5.41, 5.74) is 0.505. The number of aryl methyl sites for hydroxylation is 1. The number of hydrogen-bond donors (Lipinski definition) is 1. The van der Waals surface area contributed by atoms with Gasteiger partial charge < -0.3 is 14.8 Å². The van der Waals surface area contributed by atoms with Crippen LogP contribution in [0.3, 0.4) is 0 Å². The van der Waals surface area contributed by atoms with Crippen LogP contribution in [0.4, 0.5) is 5.69 Å². The van der Waals surface area contributed by atoms with Gasteiger partial charge in [0, 0.05) is 29.2 Å². The van der Waals surface area contributed by atoms with Crippen LogP contribution in [-0.2, 0) is 6.54 Å². The minimum absolute atomic E-state index is 0.178. The first kappa shape index (κ1) is 17.5. The third-order valence-electron chi connectivity index (χ3n) is 3.70. The summed E-state index contributed by atoms with van der Waals surface area (Å²) in [4.78, 5) is 24.3. The third-order valence-corrected chi connectivity index (χ3v) is 4.36. The van der Waals surface area contributed by atoms with Gasteiger partial charge in [-0.3, -0.25) is 9.59 Å². The number of carbonyl (C=O) groups excluding carboxylic acids is 1. The highest BCUT2D eigenvalue weighted by Gasteiger charge is 2.17. The summed E-state index contributed by atoms with van der Waals surface area (Å²) in [6.45, 7) is 3.48. The Morgan fingerprint density at radius 3 is 2.72 bits per heavy atom. The molecule has 1 aliphatic rings. The number of halogens is 1. The molecule has 0 saturated carbocycles. The lowest BCUT2D eigenvalue weighted by molar-refractivity contribution is 0.101. The van der Waals surface area contributed by atoms with Crippen LogP contribution in [0.15, 0.2) is 33.5 Å². The Balaban J connectivity index is 1.81. The monoisotopic (exact) mass is 407 g/mol. The first-order valence-electron chi connectivity index (χ1n) is 8.07. The number of nitrogens with one attached hydrogen (secondary N) is 1. The van der Waals surface area contributed by atoms with Gasteiger partial charge in [0.15, 0.2) is 11.5 Å². The van der Waals surface area contributed by atoms with E-state index < -0.39 is 5.91 Å². The Kier molecular flexibility index (Phi) is 5.37. The number of aromatic nitrogens is 2. The van der Waals surface area contributed by atoms with Gasteiger partial charge in [-0.05, 0) is 28.4 Å². The predicted octanol–water partition coefficient (Wildman–Crippen LogP) is 2.83. The van der Waals surface area contributed by atoms with Gasteiger partial charge in [0.1, 0.15) is 18.9 Å². The molecule has 3 rings (SSSR count). The molecule has 1 aliphatic heterocycles. The van der Waals surface area contributed by atoms with Crippen LogP contribution in [0.25, 0.3) is 0 Å². The molecule has 0 saturated heterocycles. The SMILES string of the molecule is CCCCn1nc(C(=O)Nc2cc3c(cc2Br)OCCO3)ccc1=O. The highest BCUT2D eigenvalue weighted by Crippen LogP contribution is 2.38. The van der Waals surface area contributed by atoms with E-state index in [1.54, 1.807) is 12.1 Å². The van der Waals surface area contributed by atoms with Crippen LogP contribution in [0.1, 0.15) is 30.3 Å². The van der Waals surface area contributed by atoms with E-state index in [0.29, 0.717) is 41.4 Å². The van der Waals surface area contributed by atoms with Crippen molar-refractivity contribution >= 4 is 27.5 Å². The smallest absolute Gasteiger partial charge is 0.276 e. The molecule has 0 bridgehead atoms. The summed E-state index contributed by atoms with van der Waals surface area (Å²) in [5, 5.41) is 6.92. The molecule has 0 unspecified atom stereocenters. The summed E-state index contributed by atoms with van der Waals surface area (Å²) < 4.78 is 13.0. The zero-order valence-corrected chi connectivity index (χ0v) is 15.3. The fraction of sp³-hybridized carbons (Fsp3) is 0.353. The second-order valence-electron chi connectivity index (χ2n) is 5.56. The largest absolute Gasteiger partial charge is 0.486 e. The van der Waals surface area contributed by atoms with Crippen LogP contribution in [0, 0.1) is 0 Å². The summed E-state index contributed by atoms with van der Waals surface area (Å²) in [6.07, 6.45) is 1.76. The molecular formula is C17H18BrN3O4. The first-order valence-corrected chi connectivity index (χ1v) is 8.86. The Hall–Kier alpha value is -2.35. The van der Waals surface area contributed by atoms with Gasteiger partial charge in [0.25, 0.3) is 11.5 Å². The quantitative estimate of drug-likeness (QED) is 0.823. The van der Waals surface area contributed by atoms with Crippen LogP contribution in [-0.4, -0.2) is 28.9 Å². The number of ether oxygens (including phenoxy) is 2. The molecular weight excluding hydrogens is 390 g/mol. The van der Waals surface area contributed by atoms with Gasteiger partial charge in [-0.25, -0.2) is 4.68 Å². The molecule has 0 spiro atoms. The lowest BCUT2D eigenvalue weighted by Crippen LogP contribution is -2.26. The fourth-order valence-corrected chi connectivity index (χ4v) is 2.81. The normalized spacial score (nSPS) is 12.7. The maximum Gasteiger partial charge on any atom is 0.276 e. The van der Waals surface area contributed by atoms with Crippen molar-refractivity contribution in [1.29, 1.82) is 0 Å². The number of fused-ring (bicyclic) bond motifs is 1. The van der Waals surface area contributed by atoms with Crippen molar-refractivity contribution in [3.8, 4) is 11.5 Å². The van der Waals surface area contributed by atoms with Crippen molar-refractivity contribution in [2.75, 3.05) is 18.5 Å². The average molecular weight is 408 g/mol. The average Bonchev–Trinajstić information content (AvgIpc) is 2.61. The van der Waals surface area contributed by atoms with E-state index in [0.717, 1.165) is 12.8 Å². The van der Waals surface area contributed by atoms with E-state index >= 15 is 0 Å². The highest BCUT2D eigenvalue weighted by molar-refractivity contribution is 9.10. The molecule has 8 heteroatoms. The van der Waals surface area contributed by atoms with Gasteiger partial charge in [0.2, 0.25) is 0 Å². The molecule has 25 heavy (non-hydrogen) atoms. The minimum Gasteiger partial charge on any atom is -0.486 e. The molecule has 1 aromatic heterocycles. The van der Waals surface area contributed by atoms with E-state index in [-0.39, 0.29) is 11.3 Å². The van der Waals surface area contributed by atoms with E-state index in [2.05, 4.69) is 26.3 Å². The Morgan fingerprint density at radius 1 is 1.28 bits per heavy atom. The number of carbonyl (C=O) groups is 1. The van der Waals surface area contributed by atoms with E-state index in [1.807, 2.05) is 6.92 Å². The summed E-state index contributed by atoms with van der Waals surface area (Å²) in [7, 11) is 0. The van der Waals surface area contributed by atoms with Crippen LogP contribution < -0.4 is 20.3 Å². The Labute approximate surface area is 153 Å². The number of rotatable bonds is 5. The van der Waals surface area contributed by atoms with E-state index in [9.17, 15) is 9.59 Å². The van der Waals surface area contributed by atoms with Gasteiger partial charge in [-0.2, -0.15) is 5.10 Å². The van der Waals surface area contributed by atoms with Crippen molar-refractivity contribution in [2.24, 2.45) is 0 Å². The third kappa shape index (κ3) is 4.01. The number of unbranched alkanes of at least 4 members (excludes halogenated alkanes) is 1. The Morgan fingerprint density at radius 2 is 2.00 bits per heavy atom. The van der Waals surface area contributed by atoms with Crippen molar-refractivity contribution in [1.82, 2.24) is 9.78 Å². The maximum absolute atomic E-state index is 12.5. The Bertz CT molecular complexity index is 850. The molecule has 0 atom stereocenters. The highest BCUT2D eigenvalue weighted by atomic mass is 79.9. The number of anilines is 1. The van der Waals surface area contributed by atoms with Crippen molar-refractivity contribution in [3.63, 3.8) is 0 Å². The zero-order chi connectivity index (χ0) is 17.8. The topological polar surface area (TPSA) is 82.5 Å². The van der Waals surface area contributed by atoms with E-state index in [4.69, 9.17) is 9.47 Å². The van der Waals surface area contributed by atoms with Gasteiger partial charge in [-0.1, -0.05) is 13.3 Å². The van der Waals surface area contributed by atoms with Crippen LogP contribution in [0.5, 0.6) is 11.5 Å². The molecule has 2 heterocycles. The van der Waals surface area contributed by atoms with Crippen molar-refractivity contribution < 1.29 is 14.3 Å². The van der Waals surface area contributed by atoms with Crippen molar-refractivity contribution in [2.45, 2.75) is 26.3 Å². The van der Waals surface area contributed by atoms with Gasteiger partial charge in [0.05, 0.1) is 5.69 Å². The second kappa shape index (κ2) is 7.69. The molecule has 132 valence electrons. The molecule has 1 aromatic carbocycles. The van der Waals surface area contributed by atoms with Gasteiger partial charge >= 0.3 is 0 Å². The molecule has 1 amide bonds. The molecule has 0 radical (unpaired) electrons. The van der Waals surface area contributed by atoms with Crippen LogP contribution in [0.2, 0.25) is 0 Å². The molecule has 1 N–H and O–H groups in total. The fourth-order valence-electron chi connectivity index (χ4n) is 2.38. The van der Waals surface area contributed by atoms with E-state index in [1.165, 1.54) is 16.8 Å². The first-order chi connectivity index (χ1) is 12.1. The second-order valence-corrected chi connectivity index (χ2v) is 6.42. The summed E-state index contributed by atoms with van der Waals surface area (Å²) in [5.74, 6) is 0.801. The summed E-state index contributed by atoms with van der Waals surface area (Å²) >= 11 is 3.41. The molecule has 0 aliphatic carbocycles. The molecule has 2 aromatic rings. The number of benzene rings is 1. The molecule has 7 nitrogen and oxygen atoms in total. The molecule has 0 fully saturated rings. The van der Waals surface area contributed by atoms with Gasteiger partial charge in [-0.15, -0.1) is 0 Å². The number of amides is 1. The maximum atomic E-state index is 12.5. The zero-order valence-electron chi connectivity index (χ0n) is 13.8. The number of hydrogen-bond acceptors (Lipinski definition) is 5. The minimum atomic E-state index is -0.400. The number of nitrogens with zero attached hydrogens (tertiary/aromatic N) is 2. The lowest BCUT2D eigenvalue weighted by atomic mass is 10.2. The lowest BCUT2D eigenvalue weighted by Gasteiger charge is -2.20.